The summed E-state index contributed by atoms with van der Waals surface area (Å²) in [6, 6.07) is 12.7. The fourth-order valence-electron chi connectivity index (χ4n) is 2.43. The lowest BCUT2D eigenvalue weighted by Gasteiger charge is -2.13. The fourth-order valence-corrected chi connectivity index (χ4v) is 3.33. The van der Waals surface area contributed by atoms with E-state index < -0.39 is 10.0 Å². The van der Waals surface area contributed by atoms with Crippen LogP contribution in [0.2, 0.25) is 0 Å². The molecule has 0 saturated heterocycles. The molecule has 0 aliphatic carbocycles. The van der Waals surface area contributed by atoms with Crippen LogP contribution in [-0.2, 0) is 23.1 Å². The Bertz CT molecular complexity index is 862. The molecule has 7 heteroatoms. The van der Waals surface area contributed by atoms with Crippen LogP contribution in [0.15, 0.2) is 60.0 Å². The predicted molar refractivity (Wildman–Crippen MR) is 107 cm³/mol. The van der Waals surface area contributed by atoms with Gasteiger partial charge in [0.05, 0.1) is 12.0 Å². The van der Waals surface area contributed by atoms with Crippen LogP contribution in [0, 0.1) is 0 Å². The molecular weight excluding hydrogens is 364 g/mol. The summed E-state index contributed by atoms with van der Waals surface area (Å²) in [5.74, 6) is 1.35. The molecule has 146 valence electrons. The van der Waals surface area contributed by atoms with Gasteiger partial charge in [0.1, 0.15) is 6.61 Å². The van der Waals surface area contributed by atoms with Gasteiger partial charge in [-0.05, 0) is 35.4 Å². The van der Waals surface area contributed by atoms with Gasteiger partial charge >= 0.3 is 0 Å². The average molecular weight is 391 g/mol. The Kier molecular flexibility index (Phi) is 7.41. The van der Waals surface area contributed by atoms with Gasteiger partial charge in [0.25, 0.3) is 0 Å². The smallest absolute Gasteiger partial charge is 0.242 e. The van der Waals surface area contributed by atoms with Crippen LogP contribution < -0.4 is 14.8 Å². The molecule has 0 unspecified atom stereocenters. The monoisotopic (exact) mass is 390 g/mol. The molecule has 2 aromatic carbocycles. The van der Waals surface area contributed by atoms with Crippen LogP contribution in [0.1, 0.15) is 11.1 Å². The van der Waals surface area contributed by atoms with Crippen LogP contribution in [0.5, 0.6) is 11.5 Å². The summed E-state index contributed by atoms with van der Waals surface area (Å²) in [6.07, 6.45) is 1.68. The highest BCUT2D eigenvalue weighted by Gasteiger charge is 2.16. The van der Waals surface area contributed by atoms with E-state index >= 15 is 0 Å². The molecule has 0 saturated carbocycles. The molecule has 0 radical (unpaired) electrons. The van der Waals surface area contributed by atoms with Crippen LogP contribution in [0.4, 0.5) is 0 Å². The molecule has 0 spiro atoms. The SMILES string of the molecule is C=CCOc1ccc(CNCc2ccc(S(=O)(=O)N(C)C)cc2)cc1OC. The Morgan fingerprint density at radius 2 is 1.67 bits per heavy atom. The summed E-state index contributed by atoms with van der Waals surface area (Å²) in [5, 5.41) is 3.34. The summed E-state index contributed by atoms with van der Waals surface area (Å²) in [6.45, 7) is 5.33. The topological polar surface area (TPSA) is 67.9 Å². The van der Waals surface area contributed by atoms with E-state index in [-0.39, 0.29) is 4.90 Å². The molecule has 0 atom stereocenters. The van der Waals surface area contributed by atoms with Crippen molar-refractivity contribution < 1.29 is 17.9 Å². The minimum Gasteiger partial charge on any atom is -0.493 e. The van der Waals surface area contributed by atoms with E-state index in [4.69, 9.17) is 9.47 Å². The molecule has 0 heterocycles. The highest BCUT2D eigenvalue weighted by molar-refractivity contribution is 7.89. The van der Waals surface area contributed by atoms with Crippen molar-refractivity contribution >= 4 is 10.0 Å². The second-order valence-electron chi connectivity index (χ2n) is 6.12. The average Bonchev–Trinajstić information content (AvgIpc) is 2.67. The van der Waals surface area contributed by atoms with Gasteiger partial charge in [0.2, 0.25) is 10.0 Å². The maximum absolute atomic E-state index is 12.1. The van der Waals surface area contributed by atoms with Crippen molar-refractivity contribution in [3.8, 4) is 11.5 Å². The van der Waals surface area contributed by atoms with Crippen molar-refractivity contribution in [3.05, 3.63) is 66.2 Å². The van der Waals surface area contributed by atoms with Crippen molar-refractivity contribution in [2.75, 3.05) is 27.8 Å². The molecule has 0 aromatic heterocycles. The number of nitrogens with one attached hydrogen (secondary N) is 1. The number of rotatable bonds is 10. The van der Waals surface area contributed by atoms with E-state index in [9.17, 15) is 8.42 Å². The van der Waals surface area contributed by atoms with Crippen molar-refractivity contribution in [3.63, 3.8) is 0 Å². The first-order valence-electron chi connectivity index (χ1n) is 8.51. The first-order chi connectivity index (χ1) is 12.9. The molecule has 2 rings (SSSR count). The molecule has 6 nitrogen and oxygen atoms in total. The van der Waals surface area contributed by atoms with Crippen molar-refractivity contribution in [1.82, 2.24) is 9.62 Å². The molecule has 0 aliphatic rings. The maximum Gasteiger partial charge on any atom is 0.242 e. The third-order valence-electron chi connectivity index (χ3n) is 3.94. The maximum atomic E-state index is 12.1. The third kappa shape index (κ3) is 5.56. The van der Waals surface area contributed by atoms with Gasteiger partial charge in [0.15, 0.2) is 11.5 Å². The van der Waals surface area contributed by atoms with Gasteiger partial charge in [-0.1, -0.05) is 30.9 Å². The van der Waals surface area contributed by atoms with Gasteiger partial charge < -0.3 is 14.8 Å². The molecular formula is C20H26N2O4S. The summed E-state index contributed by atoms with van der Waals surface area (Å²) in [4.78, 5) is 0.288. The van der Waals surface area contributed by atoms with Crippen LogP contribution in [0.3, 0.4) is 0 Å². The Morgan fingerprint density at radius 3 is 2.26 bits per heavy atom. The second-order valence-corrected chi connectivity index (χ2v) is 8.27. The zero-order chi connectivity index (χ0) is 19.9. The minimum atomic E-state index is -3.39. The third-order valence-corrected chi connectivity index (χ3v) is 5.77. The Balaban J connectivity index is 1.95. The van der Waals surface area contributed by atoms with E-state index in [1.807, 2.05) is 30.3 Å². The number of sulfonamides is 1. The summed E-state index contributed by atoms with van der Waals surface area (Å²) < 4.78 is 36.3. The lowest BCUT2D eigenvalue weighted by atomic mass is 10.2. The highest BCUT2D eigenvalue weighted by atomic mass is 32.2. The standard InChI is InChI=1S/C20H26N2O4S/c1-5-12-26-19-11-8-17(13-20(19)25-4)15-21-14-16-6-9-18(10-7-16)27(23,24)22(2)3/h5-11,13,21H,1,12,14-15H2,2-4H3. The Morgan fingerprint density at radius 1 is 1.04 bits per heavy atom. The number of hydrogen-bond donors (Lipinski definition) is 1. The lowest BCUT2D eigenvalue weighted by molar-refractivity contribution is 0.326. The van der Waals surface area contributed by atoms with Crippen LogP contribution >= 0.6 is 0 Å². The molecule has 0 fully saturated rings. The lowest BCUT2D eigenvalue weighted by Crippen LogP contribution is -2.22. The van der Waals surface area contributed by atoms with Gasteiger partial charge in [0, 0.05) is 27.2 Å². The Hall–Kier alpha value is -2.35. The summed E-state index contributed by atoms with van der Waals surface area (Å²) >= 11 is 0. The van der Waals surface area contributed by atoms with E-state index in [1.54, 1.807) is 25.3 Å². The van der Waals surface area contributed by atoms with Gasteiger partial charge in [-0.2, -0.15) is 0 Å². The van der Waals surface area contributed by atoms with Crippen LogP contribution in [-0.4, -0.2) is 40.5 Å². The minimum absolute atomic E-state index is 0.288. The summed E-state index contributed by atoms with van der Waals surface area (Å²) in [7, 11) is 1.25. The number of hydrogen-bond acceptors (Lipinski definition) is 5. The van der Waals surface area contributed by atoms with Gasteiger partial charge in [-0.3, -0.25) is 0 Å². The molecule has 2 aromatic rings. The van der Waals surface area contributed by atoms with Crippen molar-refractivity contribution in [2.24, 2.45) is 0 Å². The van der Waals surface area contributed by atoms with Crippen molar-refractivity contribution in [2.45, 2.75) is 18.0 Å². The molecule has 0 aliphatic heterocycles. The highest BCUT2D eigenvalue weighted by Crippen LogP contribution is 2.28. The zero-order valence-electron chi connectivity index (χ0n) is 15.9. The number of benzene rings is 2. The van der Waals surface area contributed by atoms with Crippen LogP contribution in [0.25, 0.3) is 0 Å². The normalized spacial score (nSPS) is 11.4. The molecule has 0 bridgehead atoms. The van der Waals surface area contributed by atoms with Gasteiger partial charge in [-0.15, -0.1) is 0 Å². The van der Waals surface area contributed by atoms with E-state index in [2.05, 4.69) is 11.9 Å². The van der Waals surface area contributed by atoms with E-state index in [0.717, 1.165) is 11.1 Å². The van der Waals surface area contributed by atoms with Gasteiger partial charge in [-0.25, -0.2) is 12.7 Å². The fraction of sp³-hybridized carbons (Fsp3) is 0.300. The first-order valence-corrected chi connectivity index (χ1v) is 9.95. The number of methoxy groups -OCH3 is 1. The molecule has 0 amide bonds. The number of nitrogens with zero attached hydrogens (tertiary/aromatic N) is 1. The molecule has 1 N–H and O–H groups in total. The number of ether oxygens (including phenoxy) is 2. The second kappa shape index (κ2) is 9.55. The summed E-state index contributed by atoms with van der Waals surface area (Å²) in [5.41, 5.74) is 2.07. The molecule has 27 heavy (non-hydrogen) atoms. The zero-order valence-corrected chi connectivity index (χ0v) is 16.8. The first kappa shape index (κ1) is 21.0. The van der Waals surface area contributed by atoms with E-state index in [0.29, 0.717) is 31.2 Å². The van der Waals surface area contributed by atoms with E-state index in [1.165, 1.54) is 18.4 Å². The Labute approximate surface area is 161 Å². The largest absolute Gasteiger partial charge is 0.493 e. The van der Waals surface area contributed by atoms with Crippen molar-refractivity contribution in [1.29, 1.82) is 0 Å². The quantitative estimate of drug-likeness (QED) is 0.632. The predicted octanol–water partition coefficient (Wildman–Crippen LogP) is 2.80.